The summed E-state index contributed by atoms with van der Waals surface area (Å²) in [5.74, 6) is 0.755. The number of amides is 1. The highest BCUT2D eigenvalue weighted by molar-refractivity contribution is 7.16. The van der Waals surface area contributed by atoms with Gasteiger partial charge in [-0.1, -0.05) is 18.2 Å². The van der Waals surface area contributed by atoms with Crippen LogP contribution in [0, 0.1) is 0 Å². The van der Waals surface area contributed by atoms with Gasteiger partial charge in [0.05, 0.1) is 23.1 Å². The monoisotopic (exact) mass is 400 g/mol. The van der Waals surface area contributed by atoms with Crippen LogP contribution in [0.1, 0.15) is 18.4 Å². The number of ether oxygens (including phenoxy) is 2. The molecule has 0 atom stereocenters. The molecule has 0 saturated carbocycles. The zero-order chi connectivity index (χ0) is 18.7. The lowest BCUT2D eigenvalue weighted by Crippen LogP contribution is -2.44. The lowest BCUT2D eigenvalue weighted by atomic mass is 9.73. The first-order valence-electron chi connectivity index (χ1n) is 8.74. The molecule has 0 radical (unpaired) electrons. The van der Waals surface area contributed by atoms with Gasteiger partial charge in [0.15, 0.2) is 5.13 Å². The second-order valence-electron chi connectivity index (χ2n) is 6.39. The largest absolute Gasteiger partial charge is 0.497 e. The maximum atomic E-state index is 13.3. The Hall–Kier alpha value is -2.22. The molecule has 1 aliphatic heterocycles. The highest BCUT2D eigenvalue weighted by Gasteiger charge is 2.42. The molecule has 4 rings (SSSR count). The van der Waals surface area contributed by atoms with Crippen LogP contribution in [0.5, 0.6) is 5.75 Å². The fourth-order valence-corrected chi connectivity index (χ4v) is 4.83. The number of methoxy groups -OCH3 is 1. The molecule has 1 aliphatic rings. The fraction of sp³-hybridized carbons (Fsp3) is 0.300. The van der Waals surface area contributed by atoms with Crippen LogP contribution in [0.3, 0.4) is 0 Å². The van der Waals surface area contributed by atoms with Gasteiger partial charge < -0.3 is 14.8 Å². The van der Waals surface area contributed by atoms with Crippen molar-refractivity contribution in [1.29, 1.82) is 0 Å². The predicted octanol–water partition coefficient (Wildman–Crippen LogP) is 4.57. The zero-order valence-corrected chi connectivity index (χ0v) is 16.6. The van der Waals surface area contributed by atoms with Crippen LogP contribution in [0.25, 0.3) is 10.6 Å². The van der Waals surface area contributed by atoms with E-state index in [1.165, 1.54) is 11.3 Å². The third-order valence-electron chi connectivity index (χ3n) is 4.92. The first-order chi connectivity index (χ1) is 13.2. The van der Waals surface area contributed by atoms with Crippen LogP contribution in [0.15, 0.2) is 47.2 Å². The molecular formula is C20H20N2O3S2. The number of hydrogen-bond donors (Lipinski definition) is 1. The number of aromatic nitrogens is 1. The first-order valence-corrected chi connectivity index (χ1v) is 10.5. The number of rotatable bonds is 5. The molecule has 1 amide bonds. The van der Waals surface area contributed by atoms with E-state index in [4.69, 9.17) is 9.47 Å². The number of nitrogens with one attached hydrogen (secondary N) is 1. The van der Waals surface area contributed by atoms with Gasteiger partial charge in [0, 0.05) is 18.6 Å². The summed E-state index contributed by atoms with van der Waals surface area (Å²) in [6, 6.07) is 11.8. The first kappa shape index (κ1) is 18.2. The zero-order valence-electron chi connectivity index (χ0n) is 14.9. The summed E-state index contributed by atoms with van der Waals surface area (Å²) >= 11 is 3.09. The minimum atomic E-state index is -0.612. The van der Waals surface area contributed by atoms with E-state index in [0.717, 1.165) is 21.9 Å². The van der Waals surface area contributed by atoms with Gasteiger partial charge in [-0.05, 0) is 42.0 Å². The van der Waals surface area contributed by atoms with E-state index in [1.54, 1.807) is 18.4 Å². The van der Waals surface area contributed by atoms with Gasteiger partial charge >= 0.3 is 0 Å². The average Bonchev–Trinajstić information content (AvgIpc) is 3.40. The topological polar surface area (TPSA) is 60.5 Å². The van der Waals surface area contributed by atoms with Crippen molar-refractivity contribution < 1.29 is 14.3 Å². The number of carbonyl (C=O) groups is 1. The van der Waals surface area contributed by atoms with Crippen molar-refractivity contribution >= 4 is 33.7 Å². The van der Waals surface area contributed by atoms with Gasteiger partial charge in [-0.25, -0.2) is 4.98 Å². The minimum Gasteiger partial charge on any atom is -0.497 e. The van der Waals surface area contributed by atoms with Gasteiger partial charge in [0.2, 0.25) is 5.91 Å². The lowest BCUT2D eigenvalue weighted by Gasteiger charge is -2.36. The number of benzene rings is 1. The van der Waals surface area contributed by atoms with Gasteiger partial charge in [0.25, 0.3) is 0 Å². The highest BCUT2D eigenvalue weighted by atomic mass is 32.1. The lowest BCUT2D eigenvalue weighted by molar-refractivity contribution is -0.125. The maximum Gasteiger partial charge on any atom is 0.236 e. The quantitative estimate of drug-likeness (QED) is 0.682. The summed E-state index contributed by atoms with van der Waals surface area (Å²) in [7, 11) is 1.64. The van der Waals surface area contributed by atoms with Gasteiger partial charge in [-0.15, -0.1) is 22.7 Å². The fourth-order valence-electron chi connectivity index (χ4n) is 3.36. The standard InChI is InChI=1S/C20H20N2O3S2/c1-24-15-6-4-14(5-7-15)20(8-10-25-11-9-20)18(23)22-19-21-16(13-27-19)17-3-2-12-26-17/h2-7,12-13H,8-11H2,1H3,(H,21,22,23). The molecular weight excluding hydrogens is 380 g/mol. The number of thiazole rings is 1. The molecule has 140 valence electrons. The van der Waals surface area contributed by atoms with Crippen molar-refractivity contribution in [2.24, 2.45) is 0 Å². The molecule has 1 N–H and O–H groups in total. The molecule has 27 heavy (non-hydrogen) atoms. The molecule has 1 aromatic carbocycles. The predicted molar refractivity (Wildman–Crippen MR) is 109 cm³/mol. The van der Waals surface area contributed by atoms with E-state index in [9.17, 15) is 4.79 Å². The van der Waals surface area contributed by atoms with Crippen molar-refractivity contribution in [2.45, 2.75) is 18.3 Å². The van der Waals surface area contributed by atoms with Crippen LogP contribution in [0.2, 0.25) is 0 Å². The molecule has 7 heteroatoms. The molecule has 3 aromatic rings. The average molecular weight is 401 g/mol. The Kier molecular flexibility index (Phi) is 5.24. The van der Waals surface area contributed by atoms with Crippen molar-refractivity contribution in [3.05, 3.63) is 52.7 Å². The second-order valence-corrected chi connectivity index (χ2v) is 8.20. The van der Waals surface area contributed by atoms with E-state index in [-0.39, 0.29) is 5.91 Å². The summed E-state index contributed by atoms with van der Waals surface area (Å²) in [4.78, 5) is 19.0. The van der Waals surface area contributed by atoms with Gasteiger partial charge in [0.1, 0.15) is 5.75 Å². The van der Waals surface area contributed by atoms with Crippen LogP contribution in [0.4, 0.5) is 5.13 Å². The van der Waals surface area contributed by atoms with Crippen molar-refractivity contribution in [1.82, 2.24) is 4.98 Å². The molecule has 1 fully saturated rings. The number of thiophene rings is 1. The molecule has 0 spiro atoms. The number of nitrogens with zero attached hydrogens (tertiary/aromatic N) is 1. The van der Waals surface area contributed by atoms with Crippen LogP contribution < -0.4 is 10.1 Å². The smallest absolute Gasteiger partial charge is 0.236 e. The van der Waals surface area contributed by atoms with Crippen LogP contribution >= 0.6 is 22.7 Å². The summed E-state index contributed by atoms with van der Waals surface area (Å²) in [5.41, 5.74) is 1.27. The second kappa shape index (κ2) is 7.80. The Bertz CT molecular complexity index is 898. The summed E-state index contributed by atoms with van der Waals surface area (Å²) in [6.45, 7) is 1.13. The van der Waals surface area contributed by atoms with Crippen LogP contribution in [-0.4, -0.2) is 31.2 Å². The number of carbonyl (C=O) groups excluding carboxylic acids is 1. The Morgan fingerprint density at radius 1 is 1.19 bits per heavy atom. The van der Waals surface area contributed by atoms with E-state index in [1.807, 2.05) is 47.2 Å². The summed E-state index contributed by atoms with van der Waals surface area (Å²) in [6.07, 6.45) is 1.29. The Morgan fingerprint density at radius 2 is 1.96 bits per heavy atom. The normalized spacial score (nSPS) is 16.0. The molecule has 2 aromatic heterocycles. The molecule has 0 aliphatic carbocycles. The maximum absolute atomic E-state index is 13.3. The minimum absolute atomic E-state index is 0.0250. The molecule has 5 nitrogen and oxygen atoms in total. The van der Waals surface area contributed by atoms with Gasteiger partial charge in [-0.2, -0.15) is 0 Å². The summed E-state index contributed by atoms with van der Waals surface area (Å²) in [5, 5.41) is 7.67. The molecule has 0 unspecified atom stereocenters. The van der Waals surface area contributed by atoms with Crippen molar-refractivity contribution in [2.75, 3.05) is 25.6 Å². The van der Waals surface area contributed by atoms with Crippen molar-refractivity contribution in [3.8, 4) is 16.3 Å². The number of hydrogen-bond acceptors (Lipinski definition) is 6. The number of anilines is 1. The summed E-state index contributed by atoms with van der Waals surface area (Å²) < 4.78 is 10.8. The third-order valence-corrected chi connectivity index (χ3v) is 6.57. The van der Waals surface area contributed by atoms with E-state index < -0.39 is 5.41 Å². The SMILES string of the molecule is COc1ccc(C2(C(=O)Nc3nc(-c4cccs4)cs3)CCOCC2)cc1. The molecule has 0 bridgehead atoms. The molecule has 1 saturated heterocycles. The third kappa shape index (κ3) is 3.63. The van der Waals surface area contributed by atoms with E-state index in [0.29, 0.717) is 31.2 Å². The van der Waals surface area contributed by atoms with E-state index >= 15 is 0 Å². The highest BCUT2D eigenvalue weighted by Crippen LogP contribution is 2.37. The van der Waals surface area contributed by atoms with Gasteiger partial charge in [-0.3, -0.25) is 4.79 Å². The Balaban J connectivity index is 1.59. The molecule has 3 heterocycles. The van der Waals surface area contributed by atoms with Crippen molar-refractivity contribution in [3.63, 3.8) is 0 Å². The van der Waals surface area contributed by atoms with E-state index in [2.05, 4.69) is 10.3 Å². The Labute approximate surface area is 166 Å². The Morgan fingerprint density at radius 3 is 2.63 bits per heavy atom. The van der Waals surface area contributed by atoms with Crippen LogP contribution in [-0.2, 0) is 14.9 Å².